The van der Waals surface area contributed by atoms with Crippen molar-refractivity contribution in [3.05, 3.63) is 29.6 Å². The van der Waals surface area contributed by atoms with Crippen molar-refractivity contribution in [3.8, 4) is 0 Å². The summed E-state index contributed by atoms with van der Waals surface area (Å²) in [5, 5.41) is 0. The maximum atomic E-state index is 13.2. The van der Waals surface area contributed by atoms with Crippen molar-refractivity contribution in [2.75, 3.05) is 11.4 Å². The van der Waals surface area contributed by atoms with Crippen LogP contribution in [0.5, 0.6) is 0 Å². The zero-order valence-corrected chi connectivity index (χ0v) is 11.0. The number of Topliss-reactive ketones (excluding diaryl/α,β-unsaturated/α-hetero) is 1. The molecule has 0 heterocycles. The van der Waals surface area contributed by atoms with Gasteiger partial charge in [0.15, 0.2) is 5.78 Å². The summed E-state index contributed by atoms with van der Waals surface area (Å²) in [6.45, 7) is 8.53. The van der Waals surface area contributed by atoms with Crippen LogP contribution in [0, 0.1) is 5.82 Å². The Morgan fingerprint density at radius 1 is 1.41 bits per heavy atom. The van der Waals surface area contributed by atoms with Crippen molar-refractivity contribution in [3.63, 3.8) is 0 Å². The lowest BCUT2D eigenvalue weighted by Gasteiger charge is -2.31. The first kappa shape index (κ1) is 13.7. The first-order chi connectivity index (χ1) is 8.01. The summed E-state index contributed by atoms with van der Waals surface area (Å²) < 4.78 is 13.2. The maximum Gasteiger partial charge on any atom is 0.161 e. The van der Waals surface area contributed by atoms with Crippen molar-refractivity contribution in [1.82, 2.24) is 0 Å². The van der Waals surface area contributed by atoms with Gasteiger partial charge in [-0.2, -0.15) is 0 Å². The van der Waals surface area contributed by atoms with Gasteiger partial charge in [0.1, 0.15) is 5.82 Å². The van der Waals surface area contributed by atoms with Crippen LogP contribution in [-0.2, 0) is 0 Å². The molecule has 94 valence electrons. The molecular weight excluding hydrogens is 217 g/mol. The third-order valence-electron chi connectivity index (χ3n) is 3.11. The summed E-state index contributed by atoms with van der Waals surface area (Å²) in [6.07, 6.45) is 0.989. The fraction of sp³-hybridized carbons (Fsp3) is 0.500. The monoisotopic (exact) mass is 237 g/mol. The molecule has 0 saturated heterocycles. The van der Waals surface area contributed by atoms with Gasteiger partial charge in [-0.25, -0.2) is 4.39 Å². The molecule has 0 bridgehead atoms. The Morgan fingerprint density at radius 3 is 2.53 bits per heavy atom. The van der Waals surface area contributed by atoms with Gasteiger partial charge in [-0.3, -0.25) is 4.79 Å². The summed E-state index contributed by atoms with van der Waals surface area (Å²) in [5.41, 5.74) is 1.29. The van der Waals surface area contributed by atoms with Crippen LogP contribution in [0.1, 0.15) is 44.5 Å². The zero-order valence-electron chi connectivity index (χ0n) is 11.0. The molecule has 17 heavy (non-hydrogen) atoms. The Kier molecular flexibility index (Phi) is 4.67. The highest BCUT2D eigenvalue weighted by Crippen LogP contribution is 2.24. The molecule has 1 unspecified atom stereocenters. The van der Waals surface area contributed by atoms with Crippen LogP contribution in [0.15, 0.2) is 18.2 Å². The normalized spacial score (nSPS) is 12.3. The second-order valence-electron chi connectivity index (χ2n) is 4.26. The standard InChI is InChI=1S/C14H20FNO/c1-5-10(3)16(6-2)14-8-7-12(15)9-13(14)11(4)17/h7-10H,5-6H2,1-4H3. The van der Waals surface area contributed by atoms with E-state index in [9.17, 15) is 9.18 Å². The number of nitrogens with zero attached hydrogens (tertiary/aromatic N) is 1. The first-order valence-corrected chi connectivity index (χ1v) is 6.08. The van der Waals surface area contributed by atoms with E-state index in [1.54, 1.807) is 6.07 Å². The van der Waals surface area contributed by atoms with Crippen LogP contribution in [-0.4, -0.2) is 18.4 Å². The fourth-order valence-electron chi connectivity index (χ4n) is 1.98. The first-order valence-electron chi connectivity index (χ1n) is 6.08. The summed E-state index contributed by atoms with van der Waals surface area (Å²) in [4.78, 5) is 13.7. The number of anilines is 1. The Hall–Kier alpha value is -1.38. The van der Waals surface area contributed by atoms with Gasteiger partial charge in [0.2, 0.25) is 0 Å². The van der Waals surface area contributed by atoms with Gasteiger partial charge >= 0.3 is 0 Å². The van der Waals surface area contributed by atoms with Gasteiger partial charge in [-0.05, 0) is 45.4 Å². The number of benzene rings is 1. The Morgan fingerprint density at radius 2 is 2.06 bits per heavy atom. The maximum absolute atomic E-state index is 13.2. The van der Waals surface area contributed by atoms with E-state index in [1.807, 2.05) is 6.92 Å². The molecule has 0 radical (unpaired) electrons. The Balaban J connectivity index is 3.23. The van der Waals surface area contributed by atoms with E-state index < -0.39 is 0 Å². The molecule has 1 rings (SSSR count). The van der Waals surface area contributed by atoms with E-state index in [2.05, 4.69) is 18.7 Å². The molecule has 0 aliphatic carbocycles. The van der Waals surface area contributed by atoms with Gasteiger partial charge in [0, 0.05) is 23.8 Å². The van der Waals surface area contributed by atoms with Crippen LogP contribution in [0.25, 0.3) is 0 Å². The molecule has 0 spiro atoms. The van der Waals surface area contributed by atoms with E-state index in [4.69, 9.17) is 0 Å². The molecule has 0 saturated carbocycles. The Bertz CT molecular complexity index is 403. The molecule has 0 N–H and O–H groups in total. The molecule has 1 atom stereocenters. The van der Waals surface area contributed by atoms with Crippen LogP contribution in [0.3, 0.4) is 0 Å². The largest absolute Gasteiger partial charge is 0.369 e. The van der Waals surface area contributed by atoms with Gasteiger partial charge < -0.3 is 4.90 Å². The minimum absolute atomic E-state index is 0.0961. The third kappa shape index (κ3) is 3.05. The predicted octanol–water partition coefficient (Wildman–Crippen LogP) is 3.65. The molecular formula is C14H20FNO. The fourth-order valence-corrected chi connectivity index (χ4v) is 1.98. The lowest BCUT2D eigenvalue weighted by molar-refractivity contribution is 0.101. The number of halogens is 1. The summed E-state index contributed by atoms with van der Waals surface area (Å²) in [5.74, 6) is -0.458. The number of carbonyl (C=O) groups is 1. The van der Waals surface area contributed by atoms with Crippen LogP contribution < -0.4 is 4.90 Å². The minimum Gasteiger partial charge on any atom is -0.369 e. The van der Waals surface area contributed by atoms with Crippen molar-refractivity contribution in [2.45, 2.75) is 40.2 Å². The molecule has 3 heteroatoms. The molecule has 0 aliphatic rings. The Labute approximate surface area is 102 Å². The molecule has 0 amide bonds. The van der Waals surface area contributed by atoms with E-state index in [0.717, 1.165) is 18.7 Å². The number of carbonyl (C=O) groups excluding carboxylic acids is 1. The second kappa shape index (κ2) is 5.80. The minimum atomic E-state index is -0.362. The van der Waals surface area contributed by atoms with Crippen LogP contribution in [0.2, 0.25) is 0 Å². The summed E-state index contributed by atoms with van der Waals surface area (Å²) >= 11 is 0. The zero-order chi connectivity index (χ0) is 13.0. The van der Waals surface area contributed by atoms with E-state index in [1.165, 1.54) is 19.1 Å². The molecule has 2 nitrogen and oxygen atoms in total. The molecule has 0 aliphatic heterocycles. The van der Waals surface area contributed by atoms with Crippen molar-refractivity contribution in [1.29, 1.82) is 0 Å². The topological polar surface area (TPSA) is 20.3 Å². The van der Waals surface area contributed by atoms with E-state index in [0.29, 0.717) is 11.6 Å². The summed E-state index contributed by atoms with van der Waals surface area (Å²) in [7, 11) is 0. The lowest BCUT2D eigenvalue weighted by atomic mass is 10.1. The number of hydrogen-bond acceptors (Lipinski definition) is 2. The SMILES string of the molecule is CCC(C)N(CC)c1ccc(F)cc1C(C)=O. The van der Waals surface area contributed by atoms with E-state index in [-0.39, 0.29) is 11.6 Å². The third-order valence-corrected chi connectivity index (χ3v) is 3.11. The van der Waals surface area contributed by atoms with Crippen LogP contribution in [0.4, 0.5) is 10.1 Å². The number of hydrogen-bond donors (Lipinski definition) is 0. The second-order valence-corrected chi connectivity index (χ2v) is 4.26. The van der Waals surface area contributed by atoms with Crippen molar-refractivity contribution in [2.24, 2.45) is 0 Å². The molecule has 0 aromatic heterocycles. The average molecular weight is 237 g/mol. The van der Waals surface area contributed by atoms with Crippen molar-refractivity contribution < 1.29 is 9.18 Å². The molecule has 1 aromatic rings. The highest BCUT2D eigenvalue weighted by molar-refractivity contribution is 5.99. The van der Waals surface area contributed by atoms with Crippen molar-refractivity contribution >= 4 is 11.5 Å². The molecule has 1 aromatic carbocycles. The quantitative estimate of drug-likeness (QED) is 0.728. The smallest absolute Gasteiger partial charge is 0.161 e. The van der Waals surface area contributed by atoms with Gasteiger partial charge in [0.05, 0.1) is 0 Å². The van der Waals surface area contributed by atoms with E-state index >= 15 is 0 Å². The predicted molar refractivity (Wildman–Crippen MR) is 69.2 cm³/mol. The molecule has 0 fully saturated rings. The lowest BCUT2D eigenvalue weighted by Crippen LogP contribution is -2.33. The van der Waals surface area contributed by atoms with Gasteiger partial charge in [-0.1, -0.05) is 6.92 Å². The van der Waals surface area contributed by atoms with Gasteiger partial charge in [0.25, 0.3) is 0 Å². The number of ketones is 1. The summed E-state index contributed by atoms with van der Waals surface area (Å²) in [6, 6.07) is 4.76. The van der Waals surface area contributed by atoms with Gasteiger partial charge in [-0.15, -0.1) is 0 Å². The highest BCUT2D eigenvalue weighted by Gasteiger charge is 2.17. The van der Waals surface area contributed by atoms with Crippen LogP contribution >= 0.6 is 0 Å². The average Bonchev–Trinajstić information content (AvgIpc) is 2.31. The highest BCUT2D eigenvalue weighted by atomic mass is 19.1. The number of rotatable bonds is 5.